The lowest BCUT2D eigenvalue weighted by molar-refractivity contribution is -0.0797. The fourth-order valence-corrected chi connectivity index (χ4v) is 4.18. The number of ether oxygens (including phenoxy) is 2. The number of aromatic amines is 1. The van der Waals surface area contributed by atoms with Gasteiger partial charge in [-0.15, -0.1) is 0 Å². The molecule has 8 nitrogen and oxygen atoms in total. The molecule has 0 saturated carbocycles. The van der Waals surface area contributed by atoms with Crippen LogP contribution in [0.5, 0.6) is 5.75 Å². The van der Waals surface area contributed by atoms with Gasteiger partial charge in [0.1, 0.15) is 23.5 Å². The number of Topliss-reactive ketones (excluding diaryl/α,β-unsaturated/α-hetero) is 1. The second-order valence-electron chi connectivity index (χ2n) is 8.19. The lowest BCUT2D eigenvalue weighted by Crippen LogP contribution is -2.38. The standard InChI is InChI=1S/C24H21N5O3/c1-13-27-21-5-3-17(9-22(21)28-13)29-24(25)20(10-26-29)23(30)16-6-14-2-4-18(8-15(14)7-16)32-19-11-31-12-19/h2-6,8-10,19H,7,11-12,25H2,1H3,(H,27,28). The molecule has 0 radical (unpaired) electrons. The van der Waals surface area contributed by atoms with Gasteiger partial charge < -0.3 is 20.2 Å². The Kier molecular flexibility index (Phi) is 4.16. The number of ketones is 1. The Morgan fingerprint density at radius 1 is 1.25 bits per heavy atom. The Hall–Kier alpha value is -3.91. The topological polar surface area (TPSA) is 108 Å². The van der Waals surface area contributed by atoms with Gasteiger partial charge in [-0.05, 0) is 54.5 Å². The maximum absolute atomic E-state index is 13.2. The van der Waals surface area contributed by atoms with Gasteiger partial charge in [-0.1, -0.05) is 6.07 Å². The number of fused-ring (bicyclic) bond motifs is 2. The molecule has 0 atom stereocenters. The second kappa shape index (κ2) is 7.06. The number of nitrogen functional groups attached to an aromatic ring is 1. The molecule has 0 unspecified atom stereocenters. The number of hydrogen-bond acceptors (Lipinski definition) is 6. The Bertz CT molecular complexity index is 1410. The number of aryl methyl sites for hydroxylation is 1. The predicted octanol–water partition coefficient (Wildman–Crippen LogP) is 3.24. The van der Waals surface area contributed by atoms with Crippen molar-refractivity contribution < 1.29 is 14.3 Å². The van der Waals surface area contributed by atoms with Crippen LogP contribution in [0.3, 0.4) is 0 Å². The summed E-state index contributed by atoms with van der Waals surface area (Å²) in [5, 5.41) is 4.38. The van der Waals surface area contributed by atoms with Gasteiger partial charge in [-0.3, -0.25) is 4.79 Å². The van der Waals surface area contributed by atoms with Crippen LogP contribution in [0.1, 0.15) is 27.3 Å². The van der Waals surface area contributed by atoms with Crippen LogP contribution in [0.2, 0.25) is 0 Å². The van der Waals surface area contributed by atoms with Gasteiger partial charge in [-0.25, -0.2) is 9.67 Å². The number of anilines is 1. The highest BCUT2D eigenvalue weighted by Crippen LogP contribution is 2.32. The van der Waals surface area contributed by atoms with Crippen molar-refractivity contribution in [2.45, 2.75) is 19.4 Å². The van der Waals surface area contributed by atoms with Crippen LogP contribution < -0.4 is 10.5 Å². The molecule has 4 aromatic rings. The van der Waals surface area contributed by atoms with E-state index in [9.17, 15) is 4.79 Å². The summed E-state index contributed by atoms with van der Waals surface area (Å²) < 4.78 is 12.6. The lowest BCUT2D eigenvalue weighted by Gasteiger charge is -2.26. The Labute approximate surface area is 183 Å². The fourth-order valence-electron chi connectivity index (χ4n) is 4.18. The van der Waals surface area contributed by atoms with Crippen molar-refractivity contribution in [3.05, 3.63) is 70.7 Å². The molecule has 1 saturated heterocycles. The van der Waals surface area contributed by atoms with E-state index < -0.39 is 0 Å². The van der Waals surface area contributed by atoms with Crippen molar-refractivity contribution >= 4 is 28.7 Å². The van der Waals surface area contributed by atoms with Crippen LogP contribution >= 0.6 is 0 Å². The minimum absolute atomic E-state index is 0.110. The highest BCUT2D eigenvalue weighted by atomic mass is 16.6. The van der Waals surface area contributed by atoms with Crippen molar-refractivity contribution in [3.8, 4) is 11.4 Å². The number of nitrogens with two attached hydrogens (primary N) is 1. The summed E-state index contributed by atoms with van der Waals surface area (Å²) in [5.41, 5.74) is 12.1. The number of imidazole rings is 1. The summed E-state index contributed by atoms with van der Waals surface area (Å²) in [6.45, 7) is 3.15. The first-order valence-electron chi connectivity index (χ1n) is 10.5. The fraction of sp³-hybridized carbons (Fsp3) is 0.208. The number of rotatable bonds is 5. The molecule has 1 aliphatic carbocycles. The van der Waals surface area contributed by atoms with E-state index in [2.05, 4.69) is 15.1 Å². The van der Waals surface area contributed by atoms with Gasteiger partial charge in [0.2, 0.25) is 0 Å². The predicted molar refractivity (Wildman–Crippen MR) is 120 cm³/mol. The average Bonchev–Trinajstić information content (AvgIpc) is 3.44. The largest absolute Gasteiger partial charge is 0.486 e. The van der Waals surface area contributed by atoms with E-state index in [4.69, 9.17) is 15.2 Å². The first-order valence-corrected chi connectivity index (χ1v) is 10.5. The summed E-state index contributed by atoms with van der Waals surface area (Å²) in [5.74, 6) is 1.84. The van der Waals surface area contributed by atoms with E-state index in [1.807, 2.05) is 49.4 Å². The lowest BCUT2D eigenvalue weighted by atomic mass is 10.0. The number of benzene rings is 2. The highest BCUT2D eigenvalue weighted by molar-refractivity contribution is 6.15. The Morgan fingerprint density at radius 3 is 2.94 bits per heavy atom. The molecule has 3 N–H and O–H groups in total. The van der Waals surface area contributed by atoms with Crippen molar-refractivity contribution in [1.82, 2.24) is 19.7 Å². The van der Waals surface area contributed by atoms with Crippen LogP contribution in [0, 0.1) is 6.92 Å². The molecule has 32 heavy (non-hydrogen) atoms. The molecule has 6 rings (SSSR count). The van der Waals surface area contributed by atoms with Gasteiger partial charge in [0.25, 0.3) is 0 Å². The molecule has 1 aliphatic heterocycles. The van der Waals surface area contributed by atoms with E-state index in [0.29, 0.717) is 36.6 Å². The Balaban J connectivity index is 1.25. The molecule has 0 bridgehead atoms. The van der Waals surface area contributed by atoms with Gasteiger partial charge in [-0.2, -0.15) is 5.10 Å². The van der Waals surface area contributed by atoms with Crippen LogP contribution in [0.15, 0.2) is 48.2 Å². The zero-order chi connectivity index (χ0) is 21.8. The van der Waals surface area contributed by atoms with E-state index in [1.54, 1.807) is 4.68 Å². The van der Waals surface area contributed by atoms with Crippen LogP contribution in [-0.2, 0) is 11.2 Å². The van der Waals surface area contributed by atoms with Gasteiger partial charge in [0, 0.05) is 12.0 Å². The molecule has 3 heterocycles. The quantitative estimate of drug-likeness (QED) is 0.474. The normalized spacial score (nSPS) is 15.5. The minimum Gasteiger partial charge on any atom is -0.486 e. The maximum atomic E-state index is 13.2. The van der Waals surface area contributed by atoms with E-state index in [0.717, 1.165) is 39.4 Å². The van der Waals surface area contributed by atoms with E-state index in [1.165, 1.54) is 6.20 Å². The number of H-pyrrole nitrogens is 1. The van der Waals surface area contributed by atoms with Crippen molar-refractivity contribution in [3.63, 3.8) is 0 Å². The average molecular weight is 427 g/mol. The number of nitrogens with zero attached hydrogens (tertiary/aromatic N) is 3. The van der Waals surface area contributed by atoms with Gasteiger partial charge in [0.15, 0.2) is 5.78 Å². The molecule has 2 aliphatic rings. The number of carbonyl (C=O) groups is 1. The van der Waals surface area contributed by atoms with Crippen molar-refractivity contribution in [1.29, 1.82) is 0 Å². The smallest absolute Gasteiger partial charge is 0.194 e. The first kappa shape index (κ1) is 18.8. The third-order valence-corrected chi connectivity index (χ3v) is 5.91. The van der Waals surface area contributed by atoms with Crippen molar-refractivity contribution in [2.75, 3.05) is 18.9 Å². The molecule has 1 fully saturated rings. The van der Waals surface area contributed by atoms with Crippen molar-refractivity contribution in [2.24, 2.45) is 0 Å². The number of allylic oxidation sites excluding steroid dienone is 1. The molecule has 160 valence electrons. The number of aromatic nitrogens is 4. The third kappa shape index (κ3) is 3.07. The molecule has 0 amide bonds. The second-order valence-corrected chi connectivity index (χ2v) is 8.19. The van der Waals surface area contributed by atoms with Gasteiger partial charge in [0.05, 0.1) is 41.7 Å². The monoisotopic (exact) mass is 427 g/mol. The molecule has 0 spiro atoms. The third-order valence-electron chi connectivity index (χ3n) is 5.91. The number of carbonyl (C=O) groups excluding carboxylic acids is 1. The molecular formula is C24H21N5O3. The highest BCUT2D eigenvalue weighted by Gasteiger charge is 2.25. The summed E-state index contributed by atoms with van der Waals surface area (Å²) in [4.78, 5) is 20.9. The molecule has 8 heteroatoms. The molecular weight excluding hydrogens is 406 g/mol. The summed E-state index contributed by atoms with van der Waals surface area (Å²) >= 11 is 0. The Morgan fingerprint density at radius 2 is 2.12 bits per heavy atom. The number of hydrogen-bond donors (Lipinski definition) is 2. The minimum atomic E-state index is -0.113. The van der Waals surface area contributed by atoms with E-state index in [-0.39, 0.29) is 11.9 Å². The summed E-state index contributed by atoms with van der Waals surface area (Å²) in [6.07, 6.45) is 4.11. The summed E-state index contributed by atoms with van der Waals surface area (Å²) in [6, 6.07) is 11.6. The van der Waals surface area contributed by atoms with Crippen LogP contribution in [0.25, 0.3) is 22.8 Å². The van der Waals surface area contributed by atoms with Crippen LogP contribution in [-0.4, -0.2) is 44.8 Å². The summed E-state index contributed by atoms with van der Waals surface area (Å²) in [7, 11) is 0. The first-order chi connectivity index (χ1) is 15.5. The van der Waals surface area contributed by atoms with Crippen LogP contribution in [0.4, 0.5) is 5.82 Å². The molecule has 2 aromatic carbocycles. The maximum Gasteiger partial charge on any atom is 0.194 e. The van der Waals surface area contributed by atoms with E-state index >= 15 is 0 Å². The molecule has 2 aromatic heterocycles. The zero-order valence-electron chi connectivity index (χ0n) is 17.5. The SMILES string of the molecule is Cc1nc2ccc(-n3ncc(C(=O)C4=Cc5ccc(OC6COC6)cc5C4)c3N)cc2[nH]1. The van der Waals surface area contributed by atoms with Gasteiger partial charge >= 0.3 is 0 Å². The zero-order valence-corrected chi connectivity index (χ0v) is 17.5. The number of nitrogens with one attached hydrogen (secondary N) is 1.